The van der Waals surface area contributed by atoms with Crippen molar-refractivity contribution in [2.24, 2.45) is 11.8 Å². The van der Waals surface area contributed by atoms with Crippen molar-refractivity contribution in [2.45, 2.75) is 39.5 Å². The minimum Gasteiger partial charge on any atom is -0.207 e. The van der Waals surface area contributed by atoms with Crippen molar-refractivity contribution >= 4 is 11.6 Å². The summed E-state index contributed by atoms with van der Waals surface area (Å²) in [6.45, 7) is 4.48. The van der Waals surface area contributed by atoms with Crippen molar-refractivity contribution in [3.05, 3.63) is 35.6 Å². The van der Waals surface area contributed by atoms with Crippen LogP contribution >= 0.6 is 11.6 Å². The first-order chi connectivity index (χ1) is 8.11. The Hall–Kier alpha value is -0.560. The molecule has 0 aliphatic heterocycles. The molecule has 0 bridgehead atoms. The summed E-state index contributed by atoms with van der Waals surface area (Å²) < 4.78 is 13.0. The highest BCUT2D eigenvalue weighted by Gasteiger charge is 2.09. The molecule has 0 aromatic heterocycles. The fraction of sp³-hybridized carbons (Fsp3) is 0.600. The van der Waals surface area contributed by atoms with Gasteiger partial charge in [0.2, 0.25) is 0 Å². The standard InChI is InChI=1S/C15H22ClF/c1-12(2)5-3-7-14(11-16)9-13-6-4-8-15(17)10-13/h4,6,8,10,12,14H,3,5,7,9,11H2,1-2H3. The number of hydrogen-bond acceptors (Lipinski definition) is 0. The lowest BCUT2D eigenvalue weighted by Crippen LogP contribution is -2.07. The fourth-order valence-electron chi connectivity index (χ4n) is 2.05. The Morgan fingerprint density at radius 1 is 1.24 bits per heavy atom. The van der Waals surface area contributed by atoms with E-state index in [1.165, 1.54) is 18.9 Å². The maximum absolute atomic E-state index is 13.0. The Kier molecular flexibility index (Phi) is 6.57. The topological polar surface area (TPSA) is 0 Å². The molecule has 1 aromatic rings. The zero-order valence-electron chi connectivity index (χ0n) is 10.8. The van der Waals surface area contributed by atoms with Gasteiger partial charge in [-0.3, -0.25) is 0 Å². The zero-order valence-corrected chi connectivity index (χ0v) is 11.5. The van der Waals surface area contributed by atoms with Crippen LogP contribution in [0.2, 0.25) is 0 Å². The molecule has 0 saturated heterocycles. The van der Waals surface area contributed by atoms with Crippen LogP contribution in [-0.4, -0.2) is 5.88 Å². The van der Waals surface area contributed by atoms with Crippen LogP contribution in [0.4, 0.5) is 4.39 Å². The van der Waals surface area contributed by atoms with E-state index in [0.717, 1.165) is 24.3 Å². The molecule has 0 amide bonds. The number of alkyl halides is 1. The molecule has 0 heterocycles. The second-order valence-electron chi connectivity index (χ2n) is 5.18. The number of rotatable bonds is 7. The molecule has 1 unspecified atom stereocenters. The maximum atomic E-state index is 13.0. The van der Waals surface area contributed by atoms with Crippen LogP contribution in [-0.2, 0) is 6.42 Å². The van der Waals surface area contributed by atoms with Gasteiger partial charge < -0.3 is 0 Å². The summed E-state index contributed by atoms with van der Waals surface area (Å²) in [5.41, 5.74) is 1.06. The Balaban J connectivity index is 2.41. The van der Waals surface area contributed by atoms with Gasteiger partial charge in [0, 0.05) is 5.88 Å². The fourth-order valence-corrected chi connectivity index (χ4v) is 2.31. The van der Waals surface area contributed by atoms with Crippen LogP contribution in [0, 0.1) is 17.7 Å². The first-order valence-corrected chi connectivity index (χ1v) is 6.95. The van der Waals surface area contributed by atoms with Gasteiger partial charge in [0.25, 0.3) is 0 Å². The van der Waals surface area contributed by atoms with E-state index >= 15 is 0 Å². The van der Waals surface area contributed by atoms with Gasteiger partial charge in [-0.1, -0.05) is 38.8 Å². The predicted molar refractivity (Wildman–Crippen MR) is 73.0 cm³/mol. The number of halogens is 2. The summed E-state index contributed by atoms with van der Waals surface area (Å²) in [6.07, 6.45) is 4.48. The summed E-state index contributed by atoms with van der Waals surface area (Å²) >= 11 is 5.98. The summed E-state index contributed by atoms with van der Waals surface area (Å²) in [5.74, 6) is 1.73. The van der Waals surface area contributed by atoms with E-state index in [2.05, 4.69) is 13.8 Å². The zero-order chi connectivity index (χ0) is 12.7. The number of benzene rings is 1. The lowest BCUT2D eigenvalue weighted by atomic mass is 9.94. The summed E-state index contributed by atoms with van der Waals surface area (Å²) in [4.78, 5) is 0. The minimum atomic E-state index is -0.155. The van der Waals surface area contributed by atoms with Gasteiger partial charge in [0.15, 0.2) is 0 Å². The van der Waals surface area contributed by atoms with Crippen LogP contribution in [0.1, 0.15) is 38.7 Å². The van der Waals surface area contributed by atoms with E-state index in [0.29, 0.717) is 11.8 Å². The van der Waals surface area contributed by atoms with E-state index in [1.807, 2.05) is 6.07 Å². The van der Waals surface area contributed by atoms with Gasteiger partial charge in [0.05, 0.1) is 0 Å². The molecule has 1 rings (SSSR count). The molecule has 0 N–H and O–H groups in total. The van der Waals surface area contributed by atoms with Gasteiger partial charge in [-0.2, -0.15) is 0 Å². The molecule has 0 spiro atoms. The quantitative estimate of drug-likeness (QED) is 0.599. The second kappa shape index (κ2) is 7.71. The Morgan fingerprint density at radius 2 is 2.00 bits per heavy atom. The molecular formula is C15H22ClF. The van der Waals surface area contributed by atoms with Crippen molar-refractivity contribution in [1.29, 1.82) is 0 Å². The lowest BCUT2D eigenvalue weighted by molar-refractivity contribution is 0.458. The monoisotopic (exact) mass is 256 g/mol. The minimum absolute atomic E-state index is 0.155. The Bertz CT molecular complexity index is 322. The first kappa shape index (κ1) is 14.5. The van der Waals surface area contributed by atoms with Crippen LogP contribution in [0.3, 0.4) is 0 Å². The molecule has 96 valence electrons. The van der Waals surface area contributed by atoms with Crippen LogP contribution < -0.4 is 0 Å². The van der Waals surface area contributed by atoms with E-state index in [1.54, 1.807) is 12.1 Å². The molecule has 17 heavy (non-hydrogen) atoms. The molecular weight excluding hydrogens is 235 g/mol. The Labute approximate surface area is 109 Å². The molecule has 0 fully saturated rings. The smallest absolute Gasteiger partial charge is 0.123 e. The maximum Gasteiger partial charge on any atom is 0.123 e. The van der Waals surface area contributed by atoms with Gasteiger partial charge in [-0.05, 0) is 42.4 Å². The SMILES string of the molecule is CC(C)CCCC(CCl)Cc1cccc(F)c1. The summed E-state index contributed by atoms with van der Waals surface area (Å²) in [6, 6.07) is 6.84. The normalized spacial score (nSPS) is 13.0. The third-order valence-electron chi connectivity index (χ3n) is 3.03. The van der Waals surface area contributed by atoms with Gasteiger partial charge in [-0.25, -0.2) is 4.39 Å². The predicted octanol–water partition coefficient (Wildman–Crippen LogP) is 5.05. The van der Waals surface area contributed by atoms with Crippen molar-refractivity contribution in [3.63, 3.8) is 0 Å². The van der Waals surface area contributed by atoms with Crippen molar-refractivity contribution in [2.75, 3.05) is 5.88 Å². The number of hydrogen-bond donors (Lipinski definition) is 0. The van der Waals surface area contributed by atoms with Crippen molar-refractivity contribution in [1.82, 2.24) is 0 Å². The molecule has 2 heteroatoms. The van der Waals surface area contributed by atoms with E-state index in [4.69, 9.17) is 11.6 Å². The molecule has 1 atom stereocenters. The summed E-state index contributed by atoms with van der Waals surface area (Å²) in [7, 11) is 0. The van der Waals surface area contributed by atoms with E-state index in [9.17, 15) is 4.39 Å². The van der Waals surface area contributed by atoms with Gasteiger partial charge in [0.1, 0.15) is 5.82 Å². The largest absolute Gasteiger partial charge is 0.207 e. The molecule has 0 nitrogen and oxygen atoms in total. The molecule has 0 aliphatic carbocycles. The molecule has 0 aliphatic rings. The second-order valence-corrected chi connectivity index (χ2v) is 5.49. The van der Waals surface area contributed by atoms with E-state index in [-0.39, 0.29) is 5.82 Å². The van der Waals surface area contributed by atoms with Crippen LogP contribution in [0.5, 0.6) is 0 Å². The third-order valence-corrected chi connectivity index (χ3v) is 3.46. The van der Waals surface area contributed by atoms with Gasteiger partial charge >= 0.3 is 0 Å². The highest BCUT2D eigenvalue weighted by molar-refractivity contribution is 6.18. The van der Waals surface area contributed by atoms with Crippen molar-refractivity contribution in [3.8, 4) is 0 Å². The highest BCUT2D eigenvalue weighted by atomic mass is 35.5. The van der Waals surface area contributed by atoms with Gasteiger partial charge in [-0.15, -0.1) is 11.6 Å². The average molecular weight is 257 g/mol. The molecule has 1 aromatic carbocycles. The first-order valence-electron chi connectivity index (χ1n) is 6.42. The third kappa shape index (κ3) is 6.07. The molecule has 0 saturated carbocycles. The highest BCUT2D eigenvalue weighted by Crippen LogP contribution is 2.19. The molecule has 0 radical (unpaired) electrons. The Morgan fingerprint density at radius 3 is 2.59 bits per heavy atom. The van der Waals surface area contributed by atoms with Crippen molar-refractivity contribution < 1.29 is 4.39 Å². The van der Waals surface area contributed by atoms with Crippen LogP contribution in [0.25, 0.3) is 0 Å². The lowest BCUT2D eigenvalue weighted by Gasteiger charge is -2.14. The average Bonchev–Trinajstić information content (AvgIpc) is 2.27. The van der Waals surface area contributed by atoms with Crippen LogP contribution in [0.15, 0.2) is 24.3 Å². The van der Waals surface area contributed by atoms with E-state index < -0.39 is 0 Å². The summed E-state index contributed by atoms with van der Waals surface area (Å²) in [5, 5.41) is 0.